The molecule has 0 saturated heterocycles. The number of hydrogen-bond donors (Lipinski definition) is 1. The van der Waals surface area contributed by atoms with E-state index in [2.05, 4.69) is 5.32 Å². The number of nitrogens with one attached hydrogen (secondary N) is 1. The molecule has 0 radical (unpaired) electrons. The molecule has 2 aromatic rings. The Morgan fingerprint density at radius 3 is 2.35 bits per heavy atom. The third kappa shape index (κ3) is 5.24. The van der Waals surface area contributed by atoms with Crippen LogP contribution < -0.4 is 14.8 Å². The van der Waals surface area contributed by atoms with Crippen molar-refractivity contribution in [1.82, 2.24) is 0 Å². The predicted molar refractivity (Wildman–Crippen MR) is 98.6 cm³/mol. The number of benzene rings is 2. The minimum absolute atomic E-state index is 0.0327. The molecule has 2 rings (SSSR count). The molecule has 0 aliphatic carbocycles. The van der Waals surface area contributed by atoms with Gasteiger partial charge in [0.25, 0.3) is 5.91 Å². The monoisotopic (exact) mass is 357 g/mol. The molecule has 138 valence electrons. The third-order valence-electron chi connectivity index (χ3n) is 3.81. The first-order chi connectivity index (χ1) is 12.4. The van der Waals surface area contributed by atoms with Crippen molar-refractivity contribution in [3.05, 3.63) is 53.6 Å². The molecule has 26 heavy (non-hydrogen) atoms. The molecule has 2 aromatic carbocycles. The molecule has 0 spiro atoms. The van der Waals surface area contributed by atoms with Crippen molar-refractivity contribution >= 4 is 17.6 Å². The van der Waals surface area contributed by atoms with E-state index in [1.807, 2.05) is 19.1 Å². The number of ether oxygens (including phenoxy) is 3. The van der Waals surface area contributed by atoms with Crippen LogP contribution in [0.25, 0.3) is 0 Å². The van der Waals surface area contributed by atoms with E-state index < -0.39 is 18.0 Å². The minimum atomic E-state index is -0.916. The molecule has 6 nitrogen and oxygen atoms in total. The van der Waals surface area contributed by atoms with Gasteiger partial charge in [0.2, 0.25) is 0 Å². The maximum absolute atomic E-state index is 12.2. The number of methoxy groups -OCH3 is 2. The first-order valence-electron chi connectivity index (χ1n) is 8.21. The maximum atomic E-state index is 12.2. The largest absolute Gasteiger partial charge is 0.497 e. The normalized spacial score (nSPS) is 11.4. The molecular weight excluding hydrogens is 334 g/mol. The Hall–Kier alpha value is -3.02. The van der Waals surface area contributed by atoms with E-state index in [0.29, 0.717) is 17.2 Å². The molecule has 1 N–H and O–H groups in total. The summed E-state index contributed by atoms with van der Waals surface area (Å²) in [6, 6.07) is 12.5. The zero-order chi connectivity index (χ0) is 19.1. The van der Waals surface area contributed by atoms with Gasteiger partial charge in [0.15, 0.2) is 6.10 Å². The quantitative estimate of drug-likeness (QED) is 0.771. The number of carbonyl (C=O) groups is 2. The second-order valence-electron chi connectivity index (χ2n) is 5.84. The summed E-state index contributed by atoms with van der Waals surface area (Å²) in [5.41, 5.74) is 2.33. The summed E-state index contributed by atoms with van der Waals surface area (Å²) in [5, 5.41) is 2.70. The van der Waals surface area contributed by atoms with Crippen molar-refractivity contribution < 1.29 is 23.8 Å². The van der Waals surface area contributed by atoms with Crippen molar-refractivity contribution in [2.45, 2.75) is 26.4 Å². The molecule has 0 bridgehead atoms. The van der Waals surface area contributed by atoms with Gasteiger partial charge in [-0.15, -0.1) is 0 Å². The fourth-order valence-electron chi connectivity index (χ4n) is 2.41. The van der Waals surface area contributed by atoms with E-state index in [4.69, 9.17) is 14.2 Å². The number of carbonyl (C=O) groups excluding carboxylic acids is 2. The Morgan fingerprint density at radius 2 is 1.73 bits per heavy atom. The average molecular weight is 357 g/mol. The fourth-order valence-corrected chi connectivity index (χ4v) is 2.41. The van der Waals surface area contributed by atoms with E-state index in [9.17, 15) is 9.59 Å². The van der Waals surface area contributed by atoms with Crippen LogP contribution in [0.4, 0.5) is 5.69 Å². The Labute approximate surface area is 153 Å². The van der Waals surface area contributed by atoms with Crippen LogP contribution in [-0.4, -0.2) is 32.2 Å². The summed E-state index contributed by atoms with van der Waals surface area (Å²) in [6.07, 6.45) is -0.884. The summed E-state index contributed by atoms with van der Waals surface area (Å²) in [5.74, 6) is 0.406. The first-order valence-corrected chi connectivity index (χ1v) is 8.21. The molecule has 0 saturated carbocycles. The molecule has 0 aliphatic heterocycles. The highest BCUT2D eigenvalue weighted by Gasteiger charge is 2.19. The number of hydrogen-bond acceptors (Lipinski definition) is 5. The van der Waals surface area contributed by atoms with Crippen LogP contribution in [0.15, 0.2) is 42.5 Å². The lowest BCUT2D eigenvalue weighted by Gasteiger charge is -2.15. The molecule has 6 heteroatoms. The molecule has 0 unspecified atom stereocenters. The van der Waals surface area contributed by atoms with Crippen molar-refractivity contribution in [1.29, 1.82) is 0 Å². The van der Waals surface area contributed by atoms with Gasteiger partial charge >= 0.3 is 5.97 Å². The standard InChI is InChI=1S/C20H23NO5/c1-13-5-10-18(25-4)15(11-13)12-19(22)26-14(2)20(23)21-16-6-8-17(24-3)9-7-16/h5-11,14H,12H2,1-4H3,(H,21,23)/t14-/m0/s1. The fraction of sp³-hybridized carbons (Fsp3) is 0.300. The van der Waals surface area contributed by atoms with Gasteiger partial charge in [-0.1, -0.05) is 17.7 Å². The number of aryl methyl sites for hydroxylation is 1. The third-order valence-corrected chi connectivity index (χ3v) is 3.81. The second kappa shape index (κ2) is 8.89. The van der Waals surface area contributed by atoms with E-state index in [1.54, 1.807) is 44.6 Å². The van der Waals surface area contributed by atoms with Crippen molar-refractivity contribution in [3.63, 3.8) is 0 Å². The molecule has 0 heterocycles. The Kier molecular flexibility index (Phi) is 6.60. The number of esters is 1. The number of rotatable bonds is 7. The molecule has 1 amide bonds. The summed E-state index contributed by atoms with van der Waals surface area (Å²) < 4.78 is 15.6. The van der Waals surface area contributed by atoms with E-state index in [0.717, 1.165) is 11.1 Å². The molecule has 0 fully saturated rings. The molecule has 0 aliphatic rings. The summed E-state index contributed by atoms with van der Waals surface area (Å²) >= 11 is 0. The summed E-state index contributed by atoms with van der Waals surface area (Å²) in [4.78, 5) is 24.4. The van der Waals surface area contributed by atoms with Crippen LogP contribution in [0, 0.1) is 6.92 Å². The molecule has 1 atom stereocenters. The highest BCUT2D eigenvalue weighted by molar-refractivity contribution is 5.95. The van der Waals surface area contributed by atoms with Gasteiger partial charge < -0.3 is 19.5 Å². The molecule has 0 aromatic heterocycles. The van der Waals surface area contributed by atoms with Gasteiger partial charge in [0.1, 0.15) is 11.5 Å². The highest BCUT2D eigenvalue weighted by atomic mass is 16.5. The van der Waals surface area contributed by atoms with E-state index >= 15 is 0 Å². The van der Waals surface area contributed by atoms with Crippen LogP contribution in [0.2, 0.25) is 0 Å². The topological polar surface area (TPSA) is 73.9 Å². The average Bonchev–Trinajstić information content (AvgIpc) is 2.62. The van der Waals surface area contributed by atoms with Gasteiger partial charge in [-0.3, -0.25) is 9.59 Å². The van der Waals surface area contributed by atoms with Crippen LogP contribution >= 0.6 is 0 Å². The van der Waals surface area contributed by atoms with Crippen LogP contribution in [0.5, 0.6) is 11.5 Å². The van der Waals surface area contributed by atoms with E-state index in [1.165, 1.54) is 6.92 Å². The smallest absolute Gasteiger partial charge is 0.311 e. The Balaban J connectivity index is 1.93. The SMILES string of the molecule is COc1ccc(NC(=O)[C@H](C)OC(=O)Cc2cc(C)ccc2OC)cc1. The van der Waals surface area contributed by atoms with Gasteiger partial charge in [-0.2, -0.15) is 0 Å². The minimum Gasteiger partial charge on any atom is -0.497 e. The van der Waals surface area contributed by atoms with Crippen molar-refractivity contribution in [2.24, 2.45) is 0 Å². The van der Waals surface area contributed by atoms with Gasteiger partial charge in [-0.05, 0) is 44.2 Å². The lowest BCUT2D eigenvalue weighted by Crippen LogP contribution is -2.30. The highest BCUT2D eigenvalue weighted by Crippen LogP contribution is 2.21. The second-order valence-corrected chi connectivity index (χ2v) is 5.84. The van der Waals surface area contributed by atoms with Crippen molar-refractivity contribution in [3.8, 4) is 11.5 Å². The Bertz CT molecular complexity index is 770. The first kappa shape index (κ1) is 19.3. The maximum Gasteiger partial charge on any atom is 0.311 e. The number of amides is 1. The number of anilines is 1. The van der Waals surface area contributed by atoms with Crippen molar-refractivity contribution in [2.75, 3.05) is 19.5 Å². The predicted octanol–water partition coefficient (Wildman–Crippen LogP) is 3.13. The van der Waals surface area contributed by atoms with Gasteiger partial charge in [0, 0.05) is 11.3 Å². The van der Waals surface area contributed by atoms with Gasteiger partial charge in [-0.25, -0.2) is 0 Å². The van der Waals surface area contributed by atoms with E-state index in [-0.39, 0.29) is 6.42 Å². The Morgan fingerprint density at radius 1 is 1.04 bits per heavy atom. The van der Waals surface area contributed by atoms with Gasteiger partial charge in [0.05, 0.1) is 20.6 Å². The zero-order valence-corrected chi connectivity index (χ0v) is 15.4. The van der Waals surface area contributed by atoms with Crippen LogP contribution in [0.1, 0.15) is 18.1 Å². The zero-order valence-electron chi connectivity index (χ0n) is 15.4. The van der Waals surface area contributed by atoms with Crippen LogP contribution in [-0.2, 0) is 20.7 Å². The summed E-state index contributed by atoms with van der Waals surface area (Å²) in [6.45, 7) is 3.46. The summed E-state index contributed by atoms with van der Waals surface area (Å²) in [7, 11) is 3.11. The van der Waals surface area contributed by atoms with Crippen LogP contribution in [0.3, 0.4) is 0 Å². The lowest BCUT2D eigenvalue weighted by atomic mass is 10.1. The lowest BCUT2D eigenvalue weighted by molar-refractivity contribution is -0.152. The molecular formula is C20H23NO5.